The zero-order valence-corrected chi connectivity index (χ0v) is 16.7. The molecule has 1 heterocycles. The molecule has 0 aliphatic rings. The van der Waals surface area contributed by atoms with Crippen molar-refractivity contribution in [3.05, 3.63) is 76.3 Å². The smallest absolute Gasteiger partial charge is 0.322 e. The van der Waals surface area contributed by atoms with Crippen LogP contribution >= 0.6 is 11.6 Å². The molecule has 0 radical (unpaired) electrons. The van der Waals surface area contributed by atoms with Gasteiger partial charge in [0.15, 0.2) is 11.6 Å². The van der Waals surface area contributed by atoms with Crippen molar-refractivity contribution in [2.45, 2.75) is 19.6 Å². The fourth-order valence-corrected chi connectivity index (χ4v) is 3.93. The van der Waals surface area contributed by atoms with Gasteiger partial charge in [0.2, 0.25) is 10.0 Å². The zero-order valence-electron chi connectivity index (χ0n) is 15.1. The maximum atomic E-state index is 13.7. The van der Waals surface area contributed by atoms with Crippen molar-refractivity contribution in [1.29, 1.82) is 0 Å². The topological polar surface area (TPSA) is 81.2 Å². The van der Waals surface area contributed by atoms with Crippen LogP contribution in [-0.4, -0.2) is 18.4 Å². The summed E-state index contributed by atoms with van der Waals surface area (Å²) < 4.78 is 46.6. The maximum absolute atomic E-state index is 13.7. The Morgan fingerprint density at radius 3 is 2.25 bits per heavy atom. The summed E-state index contributed by atoms with van der Waals surface area (Å²) in [5.74, 6) is -0.789. The Morgan fingerprint density at radius 1 is 1.04 bits per heavy atom. The molecule has 146 valence electrons. The number of rotatable bonds is 6. The second kappa shape index (κ2) is 8.12. The first-order valence-corrected chi connectivity index (χ1v) is 10.3. The predicted octanol–water partition coefficient (Wildman–Crippen LogP) is 4.62. The van der Waals surface area contributed by atoms with E-state index >= 15 is 0 Å². The number of halogens is 2. The Hall–Kier alpha value is -2.71. The molecule has 0 fully saturated rings. The lowest BCUT2D eigenvalue weighted by Crippen LogP contribution is -2.17. The van der Waals surface area contributed by atoms with Gasteiger partial charge in [-0.2, -0.15) is 9.97 Å². The number of sulfonamides is 1. The summed E-state index contributed by atoms with van der Waals surface area (Å²) in [5, 5.41) is 0.527. The molecule has 0 saturated carbocycles. The van der Waals surface area contributed by atoms with Gasteiger partial charge in [0.25, 0.3) is 0 Å². The number of nitrogens with one attached hydrogen (secondary N) is 1. The SMILES string of the molecule is Cc1nc(Oc2ccccc2F)nc(C)c1NS(=O)(=O)Cc1ccc(Cl)cc1. The van der Waals surface area contributed by atoms with Crippen LogP contribution in [-0.2, 0) is 15.8 Å². The van der Waals surface area contributed by atoms with Crippen LogP contribution < -0.4 is 9.46 Å². The van der Waals surface area contributed by atoms with E-state index in [4.69, 9.17) is 16.3 Å². The van der Waals surface area contributed by atoms with Crippen molar-refractivity contribution in [3.8, 4) is 11.8 Å². The molecule has 1 N–H and O–H groups in total. The molecule has 0 bridgehead atoms. The lowest BCUT2D eigenvalue weighted by molar-refractivity contribution is 0.409. The Morgan fingerprint density at radius 2 is 1.64 bits per heavy atom. The number of hydrogen-bond donors (Lipinski definition) is 1. The van der Waals surface area contributed by atoms with Crippen molar-refractivity contribution in [2.75, 3.05) is 4.72 Å². The number of anilines is 1. The van der Waals surface area contributed by atoms with Gasteiger partial charge in [-0.25, -0.2) is 12.8 Å². The van der Waals surface area contributed by atoms with E-state index in [0.29, 0.717) is 22.0 Å². The maximum Gasteiger partial charge on any atom is 0.322 e. The first-order chi connectivity index (χ1) is 13.2. The number of ether oxygens (including phenoxy) is 1. The van der Waals surface area contributed by atoms with E-state index in [1.807, 2.05) is 0 Å². The van der Waals surface area contributed by atoms with E-state index in [2.05, 4.69) is 14.7 Å². The summed E-state index contributed by atoms with van der Waals surface area (Å²) in [5.41, 5.74) is 1.57. The highest BCUT2D eigenvalue weighted by molar-refractivity contribution is 7.91. The molecule has 0 aliphatic heterocycles. The van der Waals surface area contributed by atoms with E-state index in [1.54, 1.807) is 44.2 Å². The fourth-order valence-electron chi connectivity index (χ4n) is 2.50. The van der Waals surface area contributed by atoms with E-state index < -0.39 is 15.8 Å². The summed E-state index contributed by atoms with van der Waals surface area (Å²) in [4.78, 5) is 8.26. The molecule has 0 amide bonds. The van der Waals surface area contributed by atoms with E-state index in [1.165, 1.54) is 18.2 Å². The Bertz CT molecular complexity index is 1080. The Kier molecular flexibility index (Phi) is 5.81. The lowest BCUT2D eigenvalue weighted by atomic mass is 10.2. The lowest BCUT2D eigenvalue weighted by Gasteiger charge is -2.14. The van der Waals surface area contributed by atoms with Gasteiger partial charge in [0, 0.05) is 5.02 Å². The van der Waals surface area contributed by atoms with Crippen LogP contribution in [0.2, 0.25) is 5.02 Å². The number of aromatic nitrogens is 2. The van der Waals surface area contributed by atoms with Crippen LogP contribution in [0, 0.1) is 19.7 Å². The molecule has 0 spiro atoms. The van der Waals surface area contributed by atoms with Crippen molar-refractivity contribution in [1.82, 2.24) is 9.97 Å². The Labute approximate surface area is 167 Å². The minimum atomic E-state index is -3.70. The molecule has 28 heavy (non-hydrogen) atoms. The summed E-state index contributed by atoms with van der Waals surface area (Å²) in [7, 11) is -3.70. The van der Waals surface area contributed by atoms with Gasteiger partial charge < -0.3 is 4.74 Å². The van der Waals surface area contributed by atoms with Gasteiger partial charge in [0.1, 0.15) is 0 Å². The van der Waals surface area contributed by atoms with Crippen molar-refractivity contribution < 1.29 is 17.5 Å². The first kappa shape index (κ1) is 20.0. The van der Waals surface area contributed by atoms with Gasteiger partial charge in [0.05, 0.1) is 22.8 Å². The van der Waals surface area contributed by atoms with Gasteiger partial charge in [-0.3, -0.25) is 4.72 Å². The molecule has 2 aromatic carbocycles. The van der Waals surface area contributed by atoms with E-state index in [0.717, 1.165) is 0 Å². The second-order valence-electron chi connectivity index (χ2n) is 6.07. The number of benzene rings is 2. The number of nitrogens with zero attached hydrogens (tertiary/aromatic N) is 2. The van der Waals surface area contributed by atoms with Gasteiger partial charge in [-0.15, -0.1) is 0 Å². The highest BCUT2D eigenvalue weighted by Crippen LogP contribution is 2.26. The fraction of sp³-hybridized carbons (Fsp3) is 0.158. The van der Waals surface area contributed by atoms with E-state index in [-0.39, 0.29) is 23.2 Å². The third kappa shape index (κ3) is 4.96. The monoisotopic (exact) mass is 421 g/mol. The summed E-state index contributed by atoms with van der Waals surface area (Å²) >= 11 is 5.82. The van der Waals surface area contributed by atoms with Crippen molar-refractivity contribution >= 4 is 27.3 Å². The molecule has 9 heteroatoms. The minimum Gasteiger partial charge on any atom is -0.421 e. The van der Waals surface area contributed by atoms with Gasteiger partial charge in [-0.1, -0.05) is 35.9 Å². The molecule has 0 unspecified atom stereocenters. The van der Waals surface area contributed by atoms with Gasteiger partial charge >= 0.3 is 6.01 Å². The minimum absolute atomic E-state index is 0.0163. The van der Waals surface area contributed by atoms with Crippen molar-refractivity contribution in [2.24, 2.45) is 0 Å². The molecule has 0 atom stereocenters. The third-order valence-electron chi connectivity index (χ3n) is 3.82. The predicted molar refractivity (Wildman–Crippen MR) is 106 cm³/mol. The summed E-state index contributed by atoms with van der Waals surface area (Å²) in [6.07, 6.45) is 0. The van der Waals surface area contributed by atoms with E-state index in [9.17, 15) is 12.8 Å². The first-order valence-electron chi connectivity index (χ1n) is 8.26. The highest BCUT2D eigenvalue weighted by Gasteiger charge is 2.18. The molecule has 0 aliphatic carbocycles. The third-order valence-corrected chi connectivity index (χ3v) is 5.30. The van der Waals surface area contributed by atoms with Crippen molar-refractivity contribution in [3.63, 3.8) is 0 Å². The van der Waals surface area contributed by atoms with Crippen LogP contribution in [0.4, 0.5) is 10.1 Å². The number of aryl methyl sites for hydroxylation is 2. The molecule has 1 aromatic heterocycles. The standard InChI is InChI=1S/C19H17ClFN3O3S/c1-12-18(24-28(25,26)11-14-7-9-15(20)10-8-14)13(2)23-19(22-12)27-17-6-4-3-5-16(17)21/h3-10,24H,11H2,1-2H3. The van der Waals surface area contributed by atoms with Crippen LogP contribution in [0.25, 0.3) is 0 Å². The molecular weight excluding hydrogens is 405 g/mol. The second-order valence-corrected chi connectivity index (χ2v) is 8.23. The molecular formula is C19H17ClFN3O3S. The van der Waals surface area contributed by atoms with Crippen LogP contribution in [0.1, 0.15) is 17.0 Å². The summed E-state index contributed by atoms with van der Waals surface area (Å²) in [6, 6.07) is 12.3. The zero-order chi connectivity index (χ0) is 20.3. The average Bonchev–Trinajstić information content (AvgIpc) is 2.62. The number of hydrogen-bond acceptors (Lipinski definition) is 5. The average molecular weight is 422 g/mol. The quantitative estimate of drug-likeness (QED) is 0.628. The Balaban J connectivity index is 1.80. The molecule has 3 aromatic rings. The van der Waals surface area contributed by atoms with Crippen LogP contribution in [0.15, 0.2) is 48.5 Å². The normalized spacial score (nSPS) is 11.3. The molecule has 6 nitrogen and oxygen atoms in total. The molecule has 3 rings (SSSR count). The molecule has 0 saturated heterocycles. The largest absolute Gasteiger partial charge is 0.421 e. The van der Waals surface area contributed by atoms with Crippen LogP contribution in [0.3, 0.4) is 0 Å². The van der Waals surface area contributed by atoms with Gasteiger partial charge in [-0.05, 0) is 43.7 Å². The number of para-hydroxylation sites is 1. The highest BCUT2D eigenvalue weighted by atomic mass is 35.5. The van der Waals surface area contributed by atoms with Crippen LogP contribution in [0.5, 0.6) is 11.8 Å². The summed E-state index contributed by atoms with van der Waals surface area (Å²) in [6.45, 7) is 3.23.